The van der Waals surface area contributed by atoms with Crippen molar-refractivity contribution in [2.75, 3.05) is 24.6 Å². The molecular formula is C16H28N4O. The van der Waals surface area contributed by atoms with Gasteiger partial charge in [0.1, 0.15) is 12.1 Å². The predicted molar refractivity (Wildman–Crippen MR) is 85.9 cm³/mol. The Kier molecular flexibility index (Phi) is 6.23. The summed E-state index contributed by atoms with van der Waals surface area (Å²) in [4.78, 5) is 11.1. The Hall–Kier alpha value is -1.36. The lowest BCUT2D eigenvalue weighted by Gasteiger charge is -2.37. The number of nitrogens with zero attached hydrogens (tertiary/aromatic N) is 3. The van der Waals surface area contributed by atoms with Gasteiger partial charge in [0.15, 0.2) is 0 Å². The van der Waals surface area contributed by atoms with Crippen LogP contribution in [0.25, 0.3) is 0 Å². The first-order valence-electron chi connectivity index (χ1n) is 8.15. The highest BCUT2D eigenvalue weighted by Gasteiger charge is 2.24. The zero-order valence-electron chi connectivity index (χ0n) is 13.5. The molecule has 118 valence electrons. The van der Waals surface area contributed by atoms with Crippen molar-refractivity contribution >= 4 is 5.82 Å². The second-order valence-electron chi connectivity index (χ2n) is 5.97. The first-order valence-corrected chi connectivity index (χ1v) is 8.15. The lowest BCUT2D eigenvalue weighted by molar-refractivity contribution is 0.304. The van der Waals surface area contributed by atoms with Gasteiger partial charge in [0, 0.05) is 31.2 Å². The molecule has 1 saturated heterocycles. The van der Waals surface area contributed by atoms with Gasteiger partial charge < -0.3 is 15.0 Å². The summed E-state index contributed by atoms with van der Waals surface area (Å²) in [6, 6.07) is 3.00. The fraction of sp³-hybridized carbons (Fsp3) is 0.750. The van der Waals surface area contributed by atoms with Gasteiger partial charge >= 0.3 is 0 Å². The number of hydrogen-bond acceptors (Lipinski definition) is 5. The summed E-state index contributed by atoms with van der Waals surface area (Å²) in [6.07, 6.45) is 6.35. The van der Waals surface area contributed by atoms with Gasteiger partial charge in [0.05, 0.1) is 6.61 Å². The monoisotopic (exact) mass is 292 g/mol. The number of anilines is 1. The van der Waals surface area contributed by atoms with Gasteiger partial charge in [0.25, 0.3) is 0 Å². The van der Waals surface area contributed by atoms with E-state index in [4.69, 9.17) is 4.74 Å². The van der Waals surface area contributed by atoms with E-state index in [1.165, 1.54) is 19.3 Å². The molecule has 0 aliphatic carbocycles. The van der Waals surface area contributed by atoms with Crippen LogP contribution in [0.15, 0.2) is 12.4 Å². The van der Waals surface area contributed by atoms with Gasteiger partial charge in [-0.3, -0.25) is 0 Å². The average Bonchev–Trinajstić information content (AvgIpc) is 2.51. The van der Waals surface area contributed by atoms with E-state index in [2.05, 4.69) is 41.0 Å². The summed E-state index contributed by atoms with van der Waals surface area (Å²) in [5.74, 6) is 1.68. The standard InChI is InChI=1S/C16H28N4O/c1-4-9-21-16-10-15(18-12-19-16)20-8-6-5-7-14(20)11-17-13(2)3/h10,12-14,17H,4-9,11H2,1-3H3. The van der Waals surface area contributed by atoms with E-state index in [9.17, 15) is 0 Å². The Morgan fingerprint density at radius 1 is 1.38 bits per heavy atom. The van der Waals surface area contributed by atoms with Crippen molar-refractivity contribution in [3.05, 3.63) is 12.4 Å². The van der Waals surface area contributed by atoms with Crippen LogP contribution in [-0.2, 0) is 0 Å². The Bertz CT molecular complexity index is 424. The molecule has 1 aliphatic rings. The van der Waals surface area contributed by atoms with E-state index >= 15 is 0 Å². The van der Waals surface area contributed by atoms with Crippen LogP contribution in [0.1, 0.15) is 46.5 Å². The molecule has 0 radical (unpaired) electrons. The first kappa shape index (κ1) is 16.0. The highest BCUT2D eigenvalue weighted by atomic mass is 16.5. The van der Waals surface area contributed by atoms with E-state index in [-0.39, 0.29) is 0 Å². The van der Waals surface area contributed by atoms with Crippen LogP contribution in [-0.4, -0.2) is 41.7 Å². The molecule has 1 aliphatic heterocycles. The SMILES string of the molecule is CCCOc1cc(N2CCCCC2CNC(C)C)ncn1. The molecule has 0 aromatic carbocycles. The summed E-state index contributed by atoms with van der Waals surface area (Å²) in [6.45, 7) is 9.25. The summed E-state index contributed by atoms with van der Waals surface area (Å²) < 4.78 is 5.63. The summed E-state index contributed by atoms with van der Waals surface area (Å²) in [5.41, 5.74) is 0. The van der Waals surface area contributed by atoms with Gasteiger partial charge in [-0.2, -0.15) is 0 Å². The van der Waals surface area contributed by atoms with Crippen LogP contribution in [0.4, 0.5) is 5.82 Å². The Labute approximate surface area is 128 Å². The molecule has 0 saturated carbocycles. The zero-order valence-corrected chi connectivity index (χ0v) is 13.5. The molecule has 0 bridgehead atoms. The minimum absolute atomic E-state index is 0.509. The second-order valence-corrected chi connectivity index (χ2v) is 5.97. The molecule has 1 aromatic rings. The van der Waals surface area contributed by atoms with Crippen molar-refractivity contribution in [3.8, 4) is 5.88 Å². The molecule has 2 rings (SSSR count). The van der Waals surface area contributed by atoms with E-state index in [1.54, 1.807) is 6.33 Å². The van der Waals surface area contributed by atoms with Crippen molar-refractivity contribution in [3.63, 3.8) is 0 Å². The highest BCUT2D eigenvalue weighted by molar-refractivity contribution is 5.42. The van der Waals surface area contributed by atoms with Crippen molar-refractivity contribution in [1.29, 1.82) is 0 Å². The Morgan fingerprint density at radius 3 is 3.00 bits per heavy atom. The average molecular weight is 292 g/mol. The van der Waals surface area contributed by atoms with Crippen LogP contribution in [0.5, 0.6) is 5.88 Å². The fourth-order valence-corrected chi connectivity index (χ4v) is 2.66. The molecule has 5 nitrogen and oxygen atoms in total. The third-order valence-corrected chi connectivity index (χ3v) is 3.76. The molecule has 0 amide bonds. The largest absolute Gasteiger partial charge is 0.478 e. The van der Waals surface area contributed by atoms with E-state index < -0.39 is 0 Å². The van der Waals surface area contributed by atoms with Gasteiger partial charge in [0.2, 0.25) is 5.88 Å². The van der Waals surface area contributed by atoms with E-state index in [1.807, 2.05) is 6.07 Å². The maximum atomic E-state index is 5.63. The summed E-state index contributed by atoms with van der Waals surface area (Å²) in [7, 11) is 0. The quantitative estimate of drug-likeness (QED) is 0.837. The van der Waals surface area contributed by atoms with Gasteiger partial charge in [-0.1, -0.05) is 20.8 Å². The van der Waals surface area contributed by atoms with Crippen LogP contribution in [0, 0.1) is 0 Å². The zero-order chi connectivity index (χ0) is 15.1. The fourth-order valence-electron chi connectivity index (χ4n) is 2.66. The number of ether oxygens (including phenoxy) is 1. The van der Waals surface area contributed by atoms with E-state index in [0.29, 0.717) is 24.6 Å². The minimum atomic E-state index is 0.509. The van der Waals surface area contributed by atoms with Crippen molar-refractivity contribution in [2.24, 2.45) is 0 Å². The molecule has 1 atom stereocenters. The molecule has 1 aromatic heterocycles. The van der Waals surface area contributed by atoms with Crippen LogP contribution < -0.4 is 15.0 Å². The number of rotatable bonds is 7. The van der Waals surface area contributed by atoms with Gasteiger partial charge in [-0.25, -0.2) is 9.97 Å². The maximum Gasteiger partial charge on any atom is 0.218 e. The highest BCUT2D eigenvalue weighted by Crippen LogP contribution is 2.24. The van der Waals surface area contributed by atoms with Crippen LogP contribution in [0.2, 0.25) is 0 Å². The first-order chi connectivity index (χ1) is 10.2. The normalized spacial score (nSPS) is 19.0. The third-order valence-electron chi connectivity index (χ3n) is 3.76. The molecule has 1 fully saturated rings. The Balaban J connectivity index is 2.05. The van der Waals surface area contributed by atoms with E-state index in [0.717, 1.165) is 25.3 Å². The van der Waals surface area contributed by atoms with Crippen LogP contribution in [0.3, 0.4) is 0 Å². The smallest absolute Gasteiger partial charge is 0.218 e. The van der Waals surface area contributed by atoms with Crippen molar-refractivity contribution in [1.82, 2.24) is 15.3 Å². The molecule has 2 heterocycles. The molecule has 1 unspecified atom stereocenters. The summed E-state index contributed by atoms with van der Waals surface area (Å²) >= 11 is 0. The molecule has 1 N–H and O–H groups in total. The third kappa shape index (κ3) is 4.84. The van der Waals surface area contributed by atoms with Crippen LogP contribution >= 0.6 is 0 Å². The molecular weight excluding hydrogens is 264 g/mol. The van der Waals surface area contributed by atoms with Crippen molar-refractivity contribution in [2.45, 2.75) is 58.5 Å². The second kappa shape index (κ2) is 8.17. The number of hydrogen-bond donors (Lipinski definition) is 1. The minimum Gasteiger partial charge on any atom is -0.478 e. The van der Waals surface area contributed by atoms with Crippen molar-refractivity contribution < 1.29 is 4.74 Å². The molecule has 21 heavy (non-hydrogen) atoms. The lowest BCUT2D eigenvalue weighted by atomic mass is 10.0. The summed E-state index contributed by atoms with van der Waals surface area (Å²) in [5, 5.41) is 3.55. The number of aromatic nitrogens is 2. The van der Waals surface area contributed by atoms with Gasteiger partial charge in [-0.05, 0) is 25.7 Å². The molecule has 5 heteroatoms. The predicted octanol–water partition coefficient (Wildman–Crippen LogP) is 2.62. The number of nitrogens with one attached hydrogen (secondary N) is 1. The lowest BCUT2D eigenvalue weighted by Crippen LogP contribution is -2.47. The van der Waals surface area contributed by atoms with Gasteiger partial charge in [-0.15, -0.1) is 0 Å². The number of piperidine rings is 1. The molecule has 0 spiro atoms. The topological polar surface area (TPSA) is 50.3 Å². The maximum absolute atomic E-state index is 5.63. The Morgan fingerprint density at radius 2 is 2.24 bits per heavy atom.